The highest BCUT2D eigenvalue weighted by atomic mass is 16.5. The summed E-state index contributed by atoms with van der Waals surface area (Å²) in [4.78, 5) is 0. The van der Waals surface area contributed by atoms with E-state index in [1.165, 1.54) is 0 Å². The first-order valence-corrected chi connectivity index (χ1v) is 6.89. The summed E-state index contributed by atoms with van der Waals surface area (Å²) in [6, 6.07) is 14.1. The van der Waals surface area contributed by atoms with Crippen molar-refractivity contribution in [3.63, 3.8) is 0 Å². The molecule has 0 saturated carbocycles. The van der Waals surface area contributed by atoms with Crippen LogP contribution in [-0.2, 0) is 12.2 Å². The van der Waals surface area contributed by atoms with E-state index in [2.05, 4.69) is 12.1 Å². The molecule has 0 bridgehead atoms. The molecule has 0 aliphatic carbocycles. The van der Waals surface area contributed by atoms with Crippen molar-refractivity contribution in [2.75, 3.05) is 0 Å². The van der Waals surface area contributed by atoms with Gasteiger partial charge in [0.15, 0.2) is 0 Å². The quantitative estimate of drug-likeness (QED) is 0.906. The summed E-state index contributed by atoms with van der Waals surface area (Å²) in [5.41, 5.74) is 3.35. The molecule has 0 aromatic heterocycles. The molecule has 2 nitrogen and oxygen atoms in total. The van der Waals surface area contributed by atoms with Gasteiger partial charge in [-0.2, -0.15) is 0 Å². The van der Waals surface area contributed by atoms with E-state index in [0.29, 0.717) is 6.61 Å². The zero-order valence-corrected chi connectivity index (χ0v) is 12.6. The Labute approximate surface area is 121 Å². The van der Waals surface area contributed by atoms with Crippen LogP contribution in [0.25, 0.3) is 0 Å². The highest BCUT2D eigenvalue weighted by molar-refractivity contribution is 5.44. The Balaban J connectivity index is 2.21. The fourth-order valence-corrected chi connectivity index (χ4v) is 2.26. The second-order valence-electron chi connectivity index (χ2n) is 5.77. The standard InChI is InChI=1S/C18H22O2/c1-13-10-16(18(3,4)19)11-14(2)17(13)20-12-15-8-6-5-7-9-15/h5-11,19H,12H2,1-4H3. The van der Waals surface area contributed by atoms with E-state index in [9.17, 15) is 5.11 Å². The van der Waals surface area contributed by atoms with Crippen molar-refractivity contribution in [3.8, 4) is 5.75 Å². The molecule has 0 heterocycles. The number of benzene rings is 2. The molecule has 2 aromatic rings. The van der Waals surface area contributed by atoms with Crippen molar-refractivity contribution in [1.29, 1.82) is 0 Å². The smallest absolute Gasteiger partial charge is 0.125 e. The topological polar surface area (TPSA) is 29.5 Å². The predicted octanol–water partition coefficient (Wildman–Crippen LogP) is 4.11. The van der Waals surface area contributed by atoms with E-state index >= 15 is 0 Å². The maximum atomic E-state index is 10.1. The van der Waals surface area contributed by atoms with Crippen LogP contribution in [0.15, 0.2) is 42.5 Å². The number of hydrogen-bond acceptors (Lipinski definition) is 2. The highest BCUT2D eigenvalue weighted by Gasteiger charge is 2.18. The average Bonchev–Trinajstić information content (AvgIpc) is 2.37. The van der Waals surface area contributed by atoms with Crippen molar-refractivity contribution < 1.29 is 9.84 Å². The first kappa shape index (κ1) is 14.6. The molecule has 2 rings (SSSR count). The van der Waals surface area contributed by atoms with Crippen LogP contribution in [0.1, 0.15) is 36.1 Å². The second kappa shape index (κ2) is 5.68. The van der Waals surface area contributed by atoms with Gasteiger partial charge in [-0.1, -0.05) is 30.3 Å². The number of rotatable bonds is 4. The lowest BCUT2D eigenvalue weighted by Gasteiger charge is -2.21. The Hall–Kier alpha value is -1.80. The van der Waals surface area contributed by atoms with Gasteiger partial charge in [0.2, 0.25) is 0 Å². The molecule has 20 heavy (non-hydrogen) atoms. The van der Waals surface area contributed by atoms with Crippen LogP contribution in [0, 0.1) is 13.8 Å². The monoisotopic (exact) mass is 270 g/mol. The third-order valence-corrected chi connectivity index (χ3v) is 3.39. The van der Waals surface area contributed by atoms with Gasteiger partial charge in [0.25, 0.3) is 0 Å². The first-order valence-electron chi connectivity index (χ1n) is 6.89. The highest BCUT2D eigenvalue weighted by Crippen LogP contribution is 2.30. The van der Waals surface area contributed by atoms with E-state index in [0.717, 1.165) is 28.0 Å². The molecule has 0 unspecified atom stereocenters. The molecule has 0 amide bonds. The molecule has 106 valence electrons. The Bertz CT molecular complexity index is 557. The van der Waals surface area contributed by atoms with Gasteiger partial charge in [-0.25, -0.2) is 0 Å². The maximum Gasteiger partial charge on any atom is 0.125 e. The van der Waals surface area contributed by atoms with Crippen LogP contribution < -0.4 is 4.74 Å². The van der Waals surface area contributed by atoms with Gasteiger partial charge >= 0.3 is 0 Å². The molecule has 0 spiro atoms. The number of aliphatic hydroxyl groups is 1. The molecule has 0 atom stereocenters. The lowest BCUT2D eigenvalue weighted by Crippen LogP contribution is -2.16. The molecule has 0 aliphatic rings. The fraction of sp³-hybridized carbons (Fsp3) is 0.333. The predicted molar refractivity (Wildman–Crippen MR) is 81.9 cm³/mol. The summed E-state index contributed by atoms with van der Waals surface area (Å²) in [5.74, 6) is 0.904. The van der Waals surface area contributed by atoms with E-state index in [4.69, 9.17) is 4.74 Å². The lowest BCUT2D eigenvalue weighted by atomic mass is 9.94. The van der Waals surface area contributed by atoms with E-state index in [1.807, 2.05) is 44.2 Å². The molecular weight excluding hydrogens is 248 g/mol. The molecule has 0 saturated heterocycles. The van der Waals surface area contributed by atoms with Crippen LogP contribution in [0.5, 0.6) is 5.75 Å². The number of hydrogen-bond donors (Lipinski definition) is 1. The summed E-state index contributed by atoms with van der Waals surface area (Å²) >= 11 is 0. The Morgan fingerprint density at radius 3 is 2.05 bits per heavy atom. The Morgan fingerprint density at radius 2 is 1.55 bits per heavy atom. The van der Waals surface area contributed by atoms with Gasteiger partial charge in [0.05, 0.1) is 5.60 Å². The summed E-state index contributed by atoms with van der Waals surface area (Å²) in [5, 5.41) is 10.1. The fourth-order valence-electron chi connectivity index (χ4n) is 2.26. The number of ether oxygens (including phenoxy) is 1. The molecule has 2 heteroatoms. The SMILES string of the molecule is Cc1cc(C(C)(C)O)cc(C)c1OCc1ccccc1. The van der Waals surface area contributed by atoms with Crippen molar-refractivity contribution in [2.24, 2.45) is 0 Å². The van der Waals surface area contributed by atoms with Crippen LogP contribution in [0.2, 0.25) is 0 Å². The molecule has 0 fully saturated rings. The summed E-state index contributed by atoms with van der Waals surface area (Å²) in [7, 11) is 0. The minimum atomic E-state index is -0.826. The van der Waals surface area contributed by atoms with Crippen molar-refractivity contribution in [3.05, 3.63) is 64.7 Å². The zero-order chi connectivity index (χ0) is 14.8. The number of aryl methyl sites for hydroxylation is 2. The third-order valence-electron chi connectivity index (χ3n) is 3.39. The summed E-state index contributed by atoms with van der Waals surface area (Å²) < 4.78 is 5.94. The molecular formula is C18H22O2. The van der Waals surface area contributed by atoms with Crippen LogP contribution >= 0.6 is 0 Å². The van der Waals surface area contributed by atoms with Gasteiger partial charge in [0.1, 0.15) is 12.4 Å². The molecule has 2 aromatic carbocycles. The molecule has 0 aliphatic heterocycles. The van der Waals surface area contributed by atoms with E-state index in [-0.39, 0.29) is 0 Å². The summed E-state index contributed by atoms with van der Waals surface area (Å²) in [6.45, 7) is 8.19. The maximum absolute atomic E-state index is 10.1. The van der Waals surface area contributed by atoms with Crippen LogP contribution in [-0.4, -0.2) is 5.11 Å². The van der Waals surface area contributed by atoms with E-state index < -0.39 is 5.60 Å². The van der Waals surface area contributed by atoms with Gasteiger partial charge in [-0.05, 0) is 62.1 Å². The summed E-state index contributed by atoms with van der Waals surface area (Å²) in [6.07, 6.45) is 0. The molecule has 1 N–H and O–H groups in total. The first-order chi connectivity index (χ1) is 9.38. The van der Waals surface area contributed by atoms with Crippen LogP contribution in [0.4, 0.5) is 0 Å². The van der Waals surface area contributed by atoms with Gasteiger partial charge < -0.3 is 9.84 Å². The Morgan fingerprint density at radius 1 is 1.00 bits per heavy atom. The van der Waals surface area contributed by atoms with Crippen molar-refractivity contribution in [2.45, 2.75) is 39.9 Å². The average molecular weight is 270 g/mol. The minimum absolute atomic E-state index is 0.560. The Kier molecular flexibility index (Phi) is 4.15. The largest absolute Gasteiger partial charge is 0.488 e. The molecule has 0 radical (unpaired) electrons. The van der Waals surface area contributed by atoms with Crippen molar-refractivity contribution in [1.82, 2.24) is 0 Å². The van der Waals surface area contributed by atoms with Gasteiger partial charge in [0, 0.05) is 0 Å². The third kappa shape index (κ3) is 3.40. The second-order valence-corrected chi connectivity index (χ2v) is 5.77. The lowest BCUT2D eigenvalue weighted by molar-refractivity contribution is 0.0784. The zero-order valence-electron chi connectivity index (χ0n) is 12.6. The van der Waals surface area contributed by atoms with Gasteiger partial charge in [-0.15, -0.1) is 0 Å². The normalized spacial score (nSPS) is 11.4. The van der Waals surface area contributed by atoms with E-state index in [1.54, 1.807) is 13.8 Å². The minimum Gasteiger partial charge on any atom is -0.488 e. The van der Waals surface area contributed by atoms with Crippen molar-refractivity contribution >= 4 is 0 Å². The van der Waals surface area contributed by atoms with Crippen LogP contribution in [0.3, 0.4) is 0 Å². The van der Waals surface area contributed by atoms with Gasteiger partial charge in [-0.3, -0.25) is 0 Å².